The van der Waals surface area contributed by atoms with E-state index < -0.39 is 0 Å². The van der Waals surface area contributed by atoms with Crippen LogP contribution >= 0.6 is 0 Å². The Kier molecular flexibility index (Phi) is 42.6. The zero-order chi connectivity index (χ0) is 39.4. The van der Waals surface area contributed by atoms with Crippen molar-refractivity contribution in [3.05, 3.63) is 130 Å². The van der Waals surface area contributed by atoms with Crippen molar-refractivity contribution in [2.45, 2.75) is 155 Å². The second kappa shape index (κ2) is 37.7. The average molecular weight is 679 g/mol. The monoisotopic (exact) mass is 679 g/mol. The first-order chi connectivity index (χ1) is 23.2. The summed E-state index contributed by atoms with van der Waals surface area (Å²) in [5.74, 6) is 0.954. The molecule has 0 aliphatic carbocycles. The van der Waals surface area contributed by atoms with Gasteiger partial charge in [-0.25, -0.2) is 0 Å². The number of ether oxygens (including phenoxy) is 2. The summed E-state index contributed by atoms with van der Waals surface area (Å²) in [6, 6.07) is 16.6. The topological polar surface area (TPSA) is 18.5 Å². The smallest absolute Gasteiger partial charge is 0.126 e. The molecule has 0 unspecified atom stereocenters. The first-order valence-corrected chi connectivity index (χ1v) is 18.5. The van der Waals surface area contributed by atoms with Crippen LogP contribution in [0.2, 0.25) is 0 Å². The van der Waals surface area contributed by atoms with Gasteiger partial charge in [-0.05, 0) is 117 Å². The van der Waals surface area contributed by atoms with Crippen LogP contribution in [0.1, 0.15) is 144 Å². The number of methoxy groups -OCH3 is 2. The number of rotatable bonds is 9. The normalized spacial score (nSPS) is 10.6. The van der Waals surface area contributed by atoms with Crippen LogP contribution in [0.5, 0.6) is 0 Å². The van der Waals surface area contributed by atoms with Crippen LogP contribution in [0.4, 0.5) is 0 Å². The summed E-state index contributed by atoms with van der Waals surface area (Å²) in [5.41, 5.74) is 10.6. The molecule has 0 bridgehead atoms. The summed E-state index contributed by atoms with van der Waals surface area (Å²) in [6.07, 6.45) is 12.3. The summed E-state index contributed by atoms with van der Waals surface area (Å²) in [6.45, 7) is 42.0. The summed E-state index contributed by atoms with van der Waals surface area (Å²) in [5, 5.41) is 0. The maximum absolute atomic E-state index is 5.57. The molecule has 49 heavy (non-hydrogen) atoms. The SMILES string of the molecule is C/C=C(/C)C(=C(C)C)/C(=C/C(C)=C\CCC)OC.C=C.CC.CCC.CCC(C)(CC)OC.Cc1cccc(C)c1C.Cc1ccccc1. The minimum atomic E-state index is 0.125. The average Bonchev–Trinajstić information content (AvgIpc) is 3.12. The molecule has 0 spiro atoms. The predicted octanol–water partition coefficient (Wildman–Crippen LogP) is 15.6. The van der Waals surface area contributed by atoms with Crippen LogP contribution in [0.3, 0.4) is 0 Å². The minimum absolute atomic E-state index is 0.125. The van der Waals surface area contributed by atoms with Crippen molar-refractivity contribution < 1.29 is 9.47 Å². The van der Waals surface area contributed by atoms with Crippen molar-refractivity contribution in [2.24, 2.45) is 0 Å². The second-order valence-electron chi connectivity index (χ2n) is 12.0. The van der Waals surface area contributed by atoms with Crippen molar-refractivity contribution in [1.29, 1.82) is 0 Å². The van der Waals surface area contributed by atoms with Gasteiger partial charge in [0.15, 0.2) is 0 Å². The number of benzene rings is 2. The highest BCUT2D eigenvalue weighted by molar-refractivity contribution is 5.47. The lowest BCUT2D eigenvalue weighted by molar-refractivity contribution is -0.000193. The molecule has 0 fully saturated rings. The van der Waals surface area contributed by atoms with Crippen LogP contribution < -0.4 is 0 Å². The van der Waals surface area contributed by atoms with Gasteiger partial charge in [-0.15, -0.1) is 13.2 Å². The van der Waals surface area contributed by atoms with Gasteiger partial charge in [-0.1, -0.05) is 139 Å². The molecule has 2 aromatic carbocycles. The zero-order valence-electron chi connectivity index (χ0n) is 36.1. The maximum atomic E-state index is 5.57. The summed E-state index contributed by atoms with van der Waals surface area (Å²) < 4.78 is 10.8. The van der Waals surface area contributed by atoms with Gasteiger partial charge in [0, 0.05) is 12.7 Å². The molecular formula is C47H82O2. The Morgan fingerprint density at radius 3 is 1.45 bits per heavy atom. The van der Waals surface area contributed by atoms with Gasteiger partial charge in [-0.2, -0.15) is 0 Å². The Morgan fingerprint density at radius 1 is 0.755 bits per heavy atom. The molecule has 0 radical (unpaired) electrons. The van der Waals surface area contributed by atoms with Crippen molar-refractivity contribution >= 4 is 0 Å². The molecule has 0 aliphatic heterocycles. The van der Waals surface area contributed by atoms with Crippen molar-refractivity contribution in [3.63, 3.8) is 0 Å². The van der Waals surface area contributed by atoms with Gasteiger partial charge in [0.1, 0.15) is 5.76 Å². The first kappa shape index (κ1) is 55.3. The predicted molar refractivity (Wildman–Crippen MR) is 228 cm³/mol. The van der Waals surface area contributed by atoms with E-state index in [1.54, 1.807) is 14.2 Å². The van der Waals surface area contributed by atoms with Gasteiger partial charge < -0.3 is 9.47 Å². The fourth-order valence-corrected chi connectivity index (χ4v) is 3.82. The largest absolute Gasteiger partial charge is 0.496 e. The third kappa shape index (κ3) is 30.7. The highest BCUT2D eigenvalue weighted by Crippen LogP contribution is 2.25. The molecule has 0 saturated carbocycles. The molecule has 282 valence electrons. The molecule has 0 aromatic heterocycles. The van der Waals surface area contributed by atoms with Crippen LogP contribution in [0.25, 0.3) is 0 Å². The number of hydrogen-bond donors (Lipinski definition) is 0. The first-order valence-electron chi connectivity index (χ1n) is 18.5. The van der Waals surface area contributed by atoms with Gasteiger partial charge >= 0.3 is 0 Å². The van der Waals surface area contributed by atoms with Crippen molar-refractivity contribution in [3.8, 4) is 0 Å². The highest BCUT2D eigenvalue weighted by Gasteiger charge is 2.16. The van der Waals surface area contributed by atoms with E-state index in [-0.39, 0.29) is 5.60 Å². The Bertz CT molecular complexity index is 1110. The quantitative estimate of drug-likeness (QED) is 0.149. The standard InChI is InChI=1S/C17H28O.C9H12.C7H16O.C7H8.C3H8.C2H6.C2H4/c1-8-10-11-14(5)12-16(18-7)17(13(3)4)15(6)9-2;1-7-5-4-6-8(2)9(7)3;1-5-7(3,6-2)8-4;1-7-5-3-2-4-6-7;1-3-2;2*1-2/h9,11-12H,8,10H2,1-7H3;4-6H,1-3H3;5-6H2,1-4H3;2-6H,1H3;3H2,1-2H3;1-2H3;1-2H2/b14-11-,15-9-,16-12-;;;;;;. The third-order valence-electron chi connectivity index (χ3n) is 7.71. The van der Waals surface area contributed by atoms with Crippen LogP contribution in [-0.4, -0.2) is 19.8 Å². The molecule has 0 amide bonds. The van der Waals surface area contributed by atoms with E-state index in [1.807, 2.05) is 32.0 Å². The third-order valence-corrected chi connectivity index (χ3v) is 7.71. The highest BCUT2D eigenvalue weighted by atomic mass is 16.5. The lowest BCUT2D eigenvalue weighted by atomic mass is 9.99. The van der Waals surface area contributed by atoms with E-state index in [0.29, 0.717) is 0 Å². The van der Waals surface area contributed by atoms with E-state index in [1.165, 1.54) is 57.4 Å². The molecule has 0 atom stereocenters. The summed E-state index contributed by atoms with van der Waals surface area (Å²) in [7, 11) is 3.51. The molecular weight excluding hydrogens is 597 g/mol. The molecule has 0 N–H and O–H groups in total. The van der Waals surface area contributed by atoms with Gasteiger partial charge in [0.25, 0.3) is 0 Å². The summed E-state index contributed by atoms with van der Waals surface area (Å²) in [4.78, 5) is 0. The molecule has 0 aliphatic rings. The number of hydrogen-bond acceptors (Lipinski definition) is 2. The molecule has 0 saturated heterocycles. The zero-order valence-corrected chi connectivity index (χ0v) is 36.1. The van der Waals surface area contributed by atoms with Crippen LogP contribution in [-0.2, 0) is 9.47 Å². The fraction of sp³-hybridized carbons (Fsp3) is 0.532. The minimum Gasteiger partial charge on any atom is -0.496 e. The van der Waals surface area contributed by atoms with Gasteiger partial charge in [-0.3, -0.25) is 0 Å². The molecule has 2 aromatic rings. The summed E-state index contributed by atoms with van der Waals surface area (Å²) >= 11 is 0. The van der Waals surface area contributed by atoms with Crippen molar-refractivity contribution in [2.75, 3.05) is 14.2 Å². The molecule has 2 rings (SSSR count). The van der Waals surface area contributed by atoms with Gasteiger partial charge in [0.2, 0.25) is 0 Å². The van der Waals surface area contributed by atoms with E-state index in [0.717, 1.165) is 25.0 Å². The van der Waals surface area contributed by atoms with Crippen LogP contribution in [0.15, 0.2) is 108 Å². The molecule has 0 heterocycles. The maximum Gasteiger partial charge on any atom is 0.126 e. The number of unbranched alkanes of at least 4 members (excludes halogenated alkanes) is 1. The Balaban J connectivity index is -0.000000176. The Hall–Kier alpha value is -3.10. The van der Waals surface area contributed by atoms with Gasteiger partial charge in [0.05, 0.1) is 12.7 Å². The molecule has 2 heteroatoms. The Morgan fingerprint density at radius 2 is 1.20 bits per heavy atom. The number of allylic oxidation sites excluding steroid dienone is 6. The lowest BCUT2D eigenvalue weighted by Gasteiger charge is -2.24. The lowest BCUT2D eigenvalue weighted by Crippen LogP contribution is -2.24. The Labute approximate surface area is 308 Å². The second-order valence-corrected chi connectivity index (χ2v) is 12.0. The van der Waals surface area contributed by atoms with E-state index in [9.17, 15) is 0 Å². The number of aryl methyl sites for hydroxylation is 3. The van der Waals surface area contributed by atoms with E-state index in [2.05, 4.69) is 166 Å². The van der Waals surface area contributed by atoms with E-state index >= 15 is 0 Å². The van der Waals surface area contributed by atoms with E-state index in [4.69, 9.17) is 9.47 Å². The molecule has 2 nitrogen and oxygen atoms in total. The van der Waals surface area contributed by atoms with Crippen molar-refractivity contribution in [1.82, 2.24) is 0 Å². The van der Waals surface area contributed by atoms with Crippen LogP contribution in [0, 0.1) is 27.7 Å². The fourth-order valence-electron chi connectivity index (χ4n) is 3.82.